The van der Waals surface area contributed by atoms with Crippen molar-refractivity contribution in [3.05, 3.63) is 28.8 Å². The number of nitrogens with zero attached hydrogens (tertiary/aromatic N) is 1. The number of nitrogens with one attached hydrogen (secondary N) is 2. The molecule has 1 fully saturated rings. The van der Waals surface area contributed by atoms with Crippen LogP contribution in [0.5, 0.6) is 0 Å². The van der Waals surface area contributed by atoms with Gasteiger partial charge in [0.1, 0.15) is 11.6 Å². The smallest absolute Gasteiger partial charge is 0.416 e. The third-order valence-electron chi connectivity index (χ3n) is 3.82. The second-order valence-electron chi connectivity index (χ2n) is 7.34. The fourth-order valence-electron chi connectivity index (χ4n) is 2.59. The summed E-state index contributed by atoms with van der Waals surface area (Å²) in [5.41, 5.74) is 2.92. The monoisotopic (exact) mass is 439 g/mol. The molecule has 1 aliphatic rings. The molecular formula is C17H21ClF3N3O3S. The molecule has 2 N–H and O–H groups in total. The first-order chi connectivity index (χ1) is 12.8. The van der Waals surface area contributed by atoms with E-state index in [0.717, 1.165) is 18.2 Å². The van der Waals surface area contributed by atoms with E-state index in [1.165, 1.54) is 4.90 Å². The van der Waals surface area contributed by atoms with Crippen molar-refractivity contribution in [2.75, 3.05) is 12.0 Å². The lowest BCUT2D eigenvalue weighted by Crippen LogP contribution is -2.48. The zero-order valence-electron chi connectivity index (χ0n) is 15.4. The van der Waals surface area contributed by atoms with Crippen LogP contribution >= 0.6 is 24.2 Å². The molecule has 0 spiro atoms. The molecule has 1 aromatic carbocycles. The quantitative estimate of drug-likeness (QED) is 0.489. The highest BCUT2D eigenvalue weighted by molar-refractivity contribution is 7.81. The van der Waals surface area contributed by atoms with Gasteiger partial charge in [0, 0.05) is 11.8 Å². The summed E-state index contributed by atoms with van der Waals surface area (Å²) >= 11 is 10.2. The van der Waals surface area contributed by atoms with Gasteiger partial charge in [-0.1, -0.05) is 11.6 Å². The Morgan fingerprint density at radius 1 is 1.29 bits per heavy atom. The number of hydrogen-bond acceptors (Lipinski definition) is 5. The third-order valence-corrected chi connectivity index (χ3v) is 4.53. The molecule has 0 bridgehead atoms. The van der Waals surface area contributed by atoms with Crippen LogP contribution in [0.1, 0.15) is 32.8 Å². The van der Waals surface area contributed by atoms with Crippen molar-refractivity contribution >= 4 is 41.9 Å². The molecule has 0 unspecified atom stereocenters. The Bertz CT molecular complexity index is 755. The van der Waals surface area contributed by atoms with Gasteiger partial charge in [0.25, 0.3) is 5.91 Å². The lowest BCUT2D eigenvalue weighted by Gasteiger charge is -2.28. The fraction of sp³-hybridized carbons (Fsp3) is 0.529. The molecule has 1 aromatic rings. The lowest BCUT2D eigenvalue weighted by atomic mass is 10.2. The molecule has 0 saturated carbocycles. The number of carbonyl (C=O) groups excluding carboxylic acids is 2. The van der Waals surface area contributed by atoms with E-state index < -0.39 is 35.4 Å². The number of hydrazine groups is 1. The van der Waals surface area contributed by atoms with E-state index in [2.05, 4.69) is 23.5 Å². The number of amides is 2. The van der Waals surface area contributed by atoms with Gasteiger partial charge in [-0.3, -0.25) is 20.5 Å². The Kier molecular flexibility index (Phi) is 6.65. The molecule has 0 aromatic heterocycles. The van der Waals surface area contributed by atoms with E-state index in [1.807, 2.05) is 0 Å². The van der Waals surface area contributed by atoms with Gasteiger partial charge in [0.05, 0.1) is 16.3 Å². The van der Waals surface area contributed by atoms with Gasteiger partial charge in [0.2, 0.25) is 0 Å². The van der Waals surface area contributed by atoms with Crippen LogP contribution in [0.25, 0.3) is 0 Å². The zero-order valence-corrected chi connectivity index (χ0v) is 17.1. The van der Waals surface area contributed by atoms with Crippen LogP contribution in [0.2, 0.25) is 5.02 Å². The number of ether oxygens (including phenoxy) is 1. The number of carbonyl (C=O) groups is 2. The minimum Gasteiger partial charge on any atom is -0.444 e. The van der Waals surface area contributed by atoms with Crippen molar-refractivity contribution in [3.63, 3.8) is 0 Å². The summed E-state index contributed by atoms with van der Waals surface area (Å²) in [5, 5.41) is -0.240. The van der Waals surface area contributed by atoms with Gasteiger partial charge in [-0.15, -0.1) is 0 Å². The summed E-state index contributed by atoms with van der Waals surface area (Å²) < 4.78 is 43.8. The van der Waals surface area contributed by atoms with Crippen molar-refractivity contribution in [2.24, 2.45) is 0 Å². The van der Waals surface area contributed by atoms with Crippen molar-refractivity contribution in [2.45, 2.75) is 50.3 Å². The van der Waals surface area contributed by atoms with Crippen LogP contribution in [0, 0.1) is 0 Å². The van der Waals surface area contributed by atoms with E-state index in [4.69, 9.17) is 16.3 Å². The predicted octanol–water partition coefficient (Wildman–Crippen LogP) is 4.11. The number of anilines is 1. The molecule has 28 heavy (non-hydrogen) atoms. The summed E-state index contributed by atoms with van der Waals surface area (Å²) in [6.07, 6.45) is -4.95. The standard InChI is InChI=1S/C17H21ClF3N3O3S/c1-16(2,3)27-15(26)24-8-10(28)7-13(24)14(25)23-22-12-6-9(17(19,20)21)4-5-11(12)18/h4-6,10,13,22,28H,7-8H2,1-3H3,(H,23,25)/t10-,13-/m0/s1. The molecule has 11 heteroatoms. The summed E-state index contributed by atoms with van der Waals surface area (Å²) in [6.45, 7) is 5.31. The fourth-order valence-corrected chi connectivity index (χ4v) is 3.13. The average molecular weight is 440 g/mol. The van der Waals surface area contributed by atoms with Crippen molar-refractivity contribution < 1.29 is 27.5 Å². The molecule has 1 saturated heterocycles. The second-order valence-corrected chi connectivity index (χ2v) is 8.48. The SMILES string of the molecule is CC(C)(C)OC(=O)N1C[C@@H](S)C[C@H]1C(=O)NNc1cc(C(F)(F)F)ccc1Cl. The molecule has 2 atom stereocenters. The van der Waals surface area contributed by atoms with Crippen LogP contribution in [0.4, 0.5) is 23.7 Å². The molecule has 0 aliphatic carbocycles. The molecule has 1 aliphatic heterocycles. The number of hydrogen-bond donors (Lipinski definition) is 3. The molecule has 2 rings (SSSR count). The van der Waals surface area contributed by atoms with Gasteiger partial charge >= 0.3 is 12.3 Å². The highest BCUT2D eigenvalue weighted by atomic mass is 35.5. The summed E-state index contributed by atoms with van der Waals surface area (Å²) in [5.74, 6) is -0.615. The first-order valence-electron chi connectivity index (χ1n) is 8.38. The van der Waals surface area contributed by atoms with E-state index >= 15 is 0 Å². The highest BCUT2D eigenvalue weighted by Gasteiger charge is 2.40. The minimum atomic E-state index is -4.55. The first kappa shape index (κ1) is 22.5. The molecular weight excluding hydrogens is 419 g/mol. The van der Waals surface area contributed by atoms with Crippen molar-refractivity contribution in [1.82, 2.24) is 10.3 Å². The van der Waals surface area contributed by atoms with Crippen LogP contribution in [0.15, 0.2) is 18.2 Å². The van der Waals surface area contributed by atoms with Crippen molar-refractivity contribution in [1.29, 1.82) is 0 Å². The van der Waals surface area contributed by atoms with Crippen LogP contribution in [0.3, 0.4) is 0 Å². The molecule has 1 heterocycles. The van der Waals surface area contributed by atoms with E-state index in [1.54, 1.807) is 20.8 Å². The Labute approximate surface area is 171 Å². The van der Waals surface area contributed by atoms with Crippen LogP contribution in [-0.2, 0) is 15.7 Å². The Hall–Kier alpha value is -1.81. The second kappa shape index (κ2) is 8.28. The summed E-state index contributed by atoms with van der Waals surface area (Å²) in [6, 6.07) is 1.81. The zero-order chi connectivity index (χ0) is 21.3. The Morgan fingerprint density at radius 3 is 2.50 bits per heavy atom. The Morgan fingerprint density at radius 2 is 1.93 bits per heavy atom. The predicted molar refractivity (Wildman–Crippen MR) is 102 cm³/mol. The van der Waals surface area contributed by atoms with Gasteiger partial charge in [-0.2, -0.15) is 25.8 Å². The number of halogens is 4. The van der Waals surface area contributed by atoms with Crippen LogP contribution < -0.4 is 10.9 Å². The number of benzene rings is 1. The molecule has 2 amide bonds. The van der Waals surface area contributed by atoms with Gasteiger partial charge in [-0.05, 0) is 45.4 Å². The Balaban J connectivity index is 2.08. The molecule has 0 radical (unpaired) electrons. The first-order valence-corrected chi connectivity index (χ1v) is 9.27. The lowest BCUT2D eigenvalue weighted by molar-refractivity contribution is -0.137. The minimum absolute atomic E-state index is 0.00390. The van der Waals surface area contributed by atoms with Crippen LogP contribution in [-0.4, -0.2) is 40.3 Å². The van der Waals surface area contributed by atoms with E-state index in [9.17, 15) is 22.8 Å². The summed E-state index contributed by atoms with van der Waals surface area (Å²) in [7, 11) is 0. The molecule has 156 valence electrons. The topological polar surface area (TPSA) is 70.7 Å². The maximum atomic E-state index is 12.8. The van der Waals surface area contributed by atoms with E-state index in [0.29, 0.717) is 0 Å². The summed E-state index contributed by atoms with van der Waals surface area (Å²) in [4.78, 5) is 26.1. The van der Waals surface area contributed by atoms with Gasteiger partial charge < -0.3 is 4.74 Å². The highest BCUT2D eigenvalue weighted by Crippen LogP contribution is 2.33. The average Bonchev–Trinajstić information content (AvgIpc) is 2.93. The van der Waals surface area contributed by atoms with Gasteiger partial charge in [-0.25, -0.2) is 4.79 Å². The number of rotatable bonds is 3. The van der Waals surface area contributed by atoms with Gasteiger partial charge in [0.15, 0.2) is 0 Å². The number of likely N-dealkylation sites (tertiary alicyclic amines) is 1. The normalized spacial score (nSPS) is 20.1. The van der Waals surface area contributed by atoms with Crippen molar-refractivity contribution in [3.8, 4) is 0 Å². The van der Waals surface area contributed by atoms with E-state index in [-0.39, 0.29) is 28.9 Å². The maximum Gasteiger partial charge on any atom is 0.416 e. The third kappa shape index (κ3) is 5.84. The number of alkyl halides is 3. The molecule has 6 nitrogen and oxygen atoms in total. The maximum absolute atomic E-state index is 12.8. The number of thiol groups is 1. The largest absolute Gasteiger partial charge is 0.444 e.